The Bertz CT molecular complexity index is 566. The third kappa shape index (κ3) is 2.40. The molecule has 20 heavy (non-hydrogen) atoms. The van der Waals surface area contributed by atoms with Crippen molar-refractivity contribution >= 4 is 11.8 Å². The summed E-state index contributed by atoms with van der Waals surface area (Å²) in [6, 6.07) is 7.36. The van der Waals surface area contributed by atoms with Crippen molar-refractivity contribution < 1.29 is 14.3 Å². The van der Waals surface area contributed by atoms with Gasteiger partial charge in [0, 0.05) is 5.56 Å². The molecule has 106 valence electrons. The summed E-state index contributed by atoms with van der Waals surface area (Å²) >= 11 is 0. The Morgan fingerprint density at radius 1 is 1.40 bits per heavy atom. The maximum absolute atomic E-state index is 12.7. The van der Waals surface area contributed by atoms with Gasteiger partial charge < -0.3 is 4.74 Å². The minimum absolute atomic E-state index is 0.151. The summed E-state index contributed by atoms with van der Waals surface area (Å²) in [5.74, 6) is -0.603. The van der Waals surface area contributed by atoms with Crippen LogP contribution in [0.1, 0.15) is 43.1 Å². The van der Waals surface area contributed by atoms with E-state index in [1.54, 1.807) is 32.9 Å². The second kappa shape index (κ2) is 4.89. The predicted octanol–water partition coefficient (Wildman–Crippen LogP) is 3.33. The van der Waals surface area contributed by atoms with E-state index in [1.165, 1.54) is 0 Å². The monoisotopic (exact) mass is 272 g/mol. The Morgan fingerprint density at radius 2 is 2.05 bits per heavy atom. The van der Waals surface area contributed by atoms with E-state index in [9.17, 15) is 9.59 Å². The number of benzene rings is 1. The van der Waals surface area contributed by atoms with Crippen LogP contribution in [-0.2, 0) is 16.0 Å². The summed E-state index contributed by atoms with van der Waals surface area (Å²) in [6.45, 7) is 9.10. The van der Waals surface area contributed by atoms with Crippen LogP contribution in [0.3, 0.4) is 0 Å². The van der Waals surface area contributed by atoms with Crippen molar-refractivity contribution in [3.05, 3.63) is 48.0 Å². The number of fused-ring (bicyclic) bond motifs is 1. The van der Waals surface area contributed by atoms with Crippen molar-refractivity contribution in [2.45, 2.75) is 39.2 Å². The van der Waals surface area contributed by atoms with E-state index in [-0.39, 0.29) is 5.78 Å². The largest absolute Gasteiger partial charge is 0.459 e. The Hall–Kier alpha value is -1.90. The second-order valence-corrected chi connectivity index (χ2v) is 6.24. The van der Waals surface area contributed by atoms with E-state index in [0.717, 1.165) is 5.56 Å². The van der Waals surface area contributed by atoms with Gasteiger partial charge in [-0.2, -0.15) is 0 Å². The first-order valence-electron chi connectivity index (χ1n) is 6.77. The molecule has 0 bridgehead atoms. The van der Waals surface area contributed by atoms with Crippen molar-refractivity contribution in [2.75, 3.05) is 0 Å². The Morgan fingerprint density at radius 3 is 2.60 bits per heavy atom. The van der Waals surface area contributed by atoms with Crippen LogP contribution in [0.4, 0.5) is 0 Å². The molecule has 0 spiro atoms. The number of esters is 1. The van der Waals surface area contributed by atoms with Gasteiger partial charge in [-0.1, -0.05) is 30.3 Å². The van der Waals surface area contributed by atoms with Crippen LogP contribution < -0.4 is 0 Å². The average molecular weight is 272 g/mol. The number of hydrogen-bond acceptors (Lipinski definition) is 3. The highest BCUT2D eigenvalue weighted by atomic mass is 16.6. The van der Waals surface area contributed by atoms with E-state index < -0.39 is 17.0 Å². The number of carbonyl (C=O) groups excluding carboxylic acids is 2. The number of ketones is 1. The van der Waals surface area contributed by atoms with Gasteiger partial charge in [0.15, 0.2) is 5.78 Å². The molecule has 1 unspecified atom stereocenters. The standard InChI is InChI=1S/C17H20O3/c1-5-10-17(15(19)20-16(2,3)4)11-12-8-6-7-9-13(12)14(17)18/h5-9H,1,10-11H2,2-4H3. The summed E-state index contributed by atoms with van der Waals surface area (Å²) in [4.78, 5) is 25.2. The highest BCUT2D eigenvalue weighted by Gasteiger charge is 2.52. The summed E-state index contributed by atoms with van der Waals surface area (Å²) < 4.78 is 5.47. The molecule has 3 heteroatoms. The van der Waals surface area contributed by atoms with Gasteiger partial charge in [-0.15, -0.1) is 6.58 Å². The molecular formula is C17H20O3. The first-order chi connectivity index (χ1) is 9.30. The maximum Gasteiger partial charge on any atom is 0.321 e. The molecule has 1 atom stereocenters. The fourth-order valence-corrected chi connectivity index (χ4v) is 2.59. The molecule has 0 amide bonds. The third-order valence-corrected chi connectivity index (χ3v) is 3.47. The summed E-state index contributed by atoms with van der Waals surface area (Å²) in [5.41, 5.74) is -0.218. The van der Waals surface area contributed by atoms with Crippen LogP contribution in [0, 0.1) is 5.41 Å². The second-order valence-electron chi connectivity index (χ2n) is 6.24. The van der Waals surface area contributed by atoms with E-state index in [2.05, 4.69) is 6.58 Å². The fourth-order valence-electron chi connectivity index (χ4n) is 2.59. The predicted molar refractivity (Wildman–Crippen MR) is 77.6 cm³/mol. The average Bonchev–Trinajstić information content (AvgIpc) is 2.63. The molecule has 0 N–H and O–H groups in total. The Labute approximate surface area is 119 Å². The zero-order chi connectivity index (χ0) is 15.0. The van der Waals surface area contributed by atoms with Gasteiger partial charge in [0.1, 0.15) is 11.0 Å². The Balaban J connectivity index is 2.41. The van der Waals surface area contributed by atoms with Crippen LogP contribution in [0.2, 0.25) is 0 Å². The SMILES string of the molecule is C=CCC1(C(=O)OC(C)(C)C)Cc2ccccc2C1=O. The molecule has 0 radical (unpaired) electrons. The van der Waals surface area contributed by atoms with Crippen molar-refractivity contribution in [2.24, 2.45) is 5.41 Å². The molecule has 0 saturated heterocycles. The van der Waals surface area contributed by atoms with Gasteiger partial charge in [0.25, 0.3) is 0 Å². The minimum Gasteiger partial charge on any atom is -0.459 e. The van der Waals surface area contributed by atoms with Crippen LogP contribution in [0.25, 0.3) is 0 Å². The van der Waals surface area contributed by atoms with Gasteiger partial charge in [0.05, 0.1) is 0 Å². The summed E-state index contributed by atoms with van der Waals surface area (Å²) in [5, 5.41) is 0. The molecule has 1 aromatic carbocycles. The Kier molecular flexibility index (Phi) is 3.55. The minimum atomic E-state index is -1.14. The van der Waals surface area contributed by atoms with E-state index in [1.807, 2.05) is 18.2 Å². The molecule has 3 nitrogen and oxygen atoms in total. The van der Waals surface area contributed by atoms with Crippen molar-refractivity contribution in [1.82, 2.24) is 0 Å². The lowest BCUT2D eigenvalue weighted by atomic mass is 9.80. The molecule has 0 heterocycles. The van der Waals surface area contributed by atoms with Crippen LogP contribution in [-0.4, -0.2) is 17.4 Å². The van der Waals surface area contributed by atoms with Gasteiger partial charge in [-0.3, -0.25) is 9.59 Å². The van der Waals surface area contributed by atoms with Crippen molar-refractivity contribution in [3.63, 3.8) is 0 Å². The fraction of sp³-hybridized carbons (Fsp3) is 0.412. The van der Waals surface area contributed by atoms with Crippen LogP contribution in [0.5, 0.6) is 0 Å². The van der Waals surface area contributed by atoms with E-state index in [4.69, 9.17) is 4.74 Å². The molecule has 0 fully saturated rings. The smallest absolute Gasteiger partial charge is 0.321 e. The van der Waals surface area contributed by atoms with Gasteiger partial charge >= 0.3 is 5.97 Å². The van der Waals surface area contributed by atoms with Gasteiger partial charge in [0.2, 0.25) is 0 Å². The van der Waals surface area contributed by atoms with Gasteiger partial charge in [-0.05, 0) is 39.2 Å². The molecule has 0 aromatic heterocycles. The third-order valence-electron chi connectivity index (χ3n) is 3.47. The molecule has 1 aliphatic rings. The maximum atomic E-state index is 12.7. The number of allylic oxidation sites excluding steroid dienone is 1. The zero-order valence-electron chi connectivity index (χ0n) is 12.2. The highest BCUT2D eigenvalue weighted by molar-refractivity contribution is 6.16. The number of hydrogen-bond donors (Lipinski definition) is 0. The first kappa shape index (κ1) is 14.5. The summed E-state index contributed by atoms with van der Waals surface area (Å²) in [6.07, 6.45) is 2.31. The number of Topliss-reactive ketones (excluding diaryl/α,β-unsaturated/α-hetero) is 1. The lowest BCUT2D eigenvalue weighted by Crippen LogP contribution is -2.41. The highest BCUT2D eigenvalue weighted by Crippen LogP contribution is 2.41. The summed E-state index contributed by atoms with van der Waals surface area (Å²) in [7, 11) is 0. The van der Waals surface area contributed by atoms with Crippen LogP contribution in [0.15, 0.2) is 36.9 Å². The normalized spacial score (nSPS) is 21.4. The molecular weight excluding hydrogens is 252 g/mol. The number of rotatable bonds is 3. The first-order valence-corrected chi connectivity index (χ1v) is 6.77. The van der Waals surface area contributed by atoms with E-state index in [0.29, 0.717) is 18.4 Å². The molecule has 0 saturated carbocycles. The van der Waals surface area contributed by atoms with E-state index >= 15 is 0 Å². The topological polar surface area (TPSA) is 43.4 Å². The molecule has 0 aliphatic heterocycles. The van der Waals surface area contributed by atoms with Crippen molar-refractivity contribution in [3.8, 4) is 0 Å². The molecule has 1 aromatic rings. The lowest BCUT2D eigenvalue weighted by molar-refractivity contribution is -0.164. The van der Waals surface area contributed by atoms with Crippen molar-refractivity contribution in [1.29, 1.82) is 0 Å². The molecule has 2 rings (SSSR count). The zero-order valence-corrected chi connectivity index (χ0v) is 12.2. The van der Waals surface area contributed by atoms with Crippen LogP contribution >= 0.6 is 0 Å². The number of carbonyl (C=O) groups is 2. The number of ether oxygens (including phenoxy) is 1. The van der Waals surface area contributed by atoms with Gasteiger partial charge in [-0.25, -0.2) is 0 Å². The lowest BCUT2D eigenvalue weighted by Gasteiger charge is -2.29. The molecule has 1 aliphatic carbocycles. The quantitative estimate of drug-likeness (QED) is 0.481.